The number of aliphatic hydroxyl groups excluding tert-OH is 1. The van der Waals surface area contributed by atoms with Gasteiger partial charge >= 0.3 is 0 Å². The Kier molecular flexibility index (Phi) is 3.50. The summed E-state index contributed by atoms with van der Waals surface area (Å²) in [4.78, 5) is 6.81. The second-order valence-electron chi connectivity index (χ2n) is 4.25. The SMILES string of the molecule is CCc1ncc(S(=O)(=O)N2CCC(CO)C2)[nH]1. The highest BCUT2D eigenvalue weighted by molar-refractivity contribution is 7.89. The van der Waals surface area contributed by atoms with Crippen molar-refractivity contribution >= 4 is 10.0 Å². The van der Waals surface area contributed by atoms with Gasteiger partial charge in [0, 0.05) is 26.1 Å². The van der Waals surface area contributed by atoms with Gasteiger partial charge in [0.05, 0.1) is 6.20 Å². The maximum atomic E-state index is 12.2. The number of imidazole rings is 1. The average Bonchev–Trinajstić information content (AvgIpc) is 2.98. The van der Waals surface area contributed by atoms with Gasteiger partial charge in [-0.15, -0.1) is 0 Å². The number of nitrogens with zero attached hydrogens (tertiary/aromatic N) is 2. The predicted octanol–water partition coefficient (Wildman–Crippen LogP) is -0.0250. The fraction of sp³-hybridized carbons (Fsp3) is 0.700. The first-order chi connectivity index (χ1) is 8.07. The van der Waals surface area contributed by atoms with Gasteiger partial charge in [-0.2, -0.15) is 4.31 Å². The number of aromatic amines is 1. The Labute approximate surface area is 101 Å². The summed E-state index contributed by atoms with van der Waals surface area (Å²) in [6, 6.07) is 0. The topological polar surface area (TPSA) is 86.3 Å². The van der Waals surface area contributed by atoms with Crippen LogP contribution in [-0.2, 0) is 16.4 Å². The minimum Gasteiger partial charge on any atom is -0.396 e. The minimum absolute atomic E-state index is 0.0369. The van der Waals surface area contributed by atoms with Crippen molar-refractivity contribution in [1.82, 2.24) is 14.3 Å². The molecule has 1 unspecified atom stereocenters. The predicted molar refractivity (Wildman–Crippen MR) is 61.9 cm³/mol. The zero-order valence-corrected chi connectivity index (χ0v) is 10.6. The van der Waals surface area contributed by atoms with E-state index in [9.17, 15) is 8.42 Å². The van der Waals surface area contributed by atoms with E-state index in [2.05, 4.69) is 9.97 Å². The zero-order valence-electron chi connectivity index (χ0n) is 9.76. The molecule has 0 saturated carbocycles. The Hall–Kier alpha value is -0.920. The highest BCUT2D eigenvalue weighted by Gasteiger charge is 2.33. The minimum atomic E-state index is -3.47. The highest BCUT2D eigenvalue weighted by Crippen LogP contribution is 2.22. The largest absolute Gasteiger partial charge is 0.396 e. The normalized spacial score (nSPS) is 22.1. The summed E-state index contributed by atoms with van der Waals surface area (Å²) in [5.41, 5.74) is 0. The van der Waals surface area contributed by atoms with Gasteiger partial charge < -0.3 is 10.1 Å². The summed E-state index contributed by atoms with van der Waals surface area (Å²) in [5.74, 6) is 0.722. The van der Waals surface area contributed by atoms with Crippen molar-refractivity contribution in [2.24, 2.45) is 5.92 Å². The van der Waals surface area contributed by atoms with Gasteiger partial charge in [0.2, 0.25) is 0 Å². The van der Waals surface area contributed by atoms with Crippen molar-refractivity contribution in [3.05, 3.63) is 12.0 Å². The van der Waals surface area contributed by atoms with E-state index < -0.39 is 10.0 Å². The molecule has 1 aliphatic heterocycles. The molecule has 96 valence electrons. The number of aromatic nitrogens is 2. The third-order valence-corrected chi connectivity index (χ3v) is 4.84. The van der Waals surface area contributed by atoms with Crippen LogP contribution < -0.4 is 0 Å². The third kappa shape index (κ3) is 2.36. The van der Waals surface area contributed by atoms with E-state index in [0.29, 0.717) is 31.8 Å². The van der Waals surface area contributed by atoms with Crippen molar-refractivity contribution in [3.8, 4) is 0 Å². The Morgan fingerprint density at radius 3 is 2.94 bits per heavy atom. The number of aliphatic hydroxyl groups is 1. The number of H-pyrrole nitrogens is 1. The van der Waals surface area contributed by atoms with Crippen molar-refractivity contribution in [3.63, 3.8) is 0 Å². The van der Waals surface area contributed by atoms with E-state index in [4.69, 9.17) is 5.11 Å². The van der Waals surface area contributed by atoms with Crippen LogP contribution in [0.3, 0.4) is 0 Å². The molecule has 0 spiro atoms. The van der Waals surface area contributed by atoms with Crippen LogP contribution in [0.5, 0.6) is 0 Å². The molecule has 0 bridgehead atoms. The molecule has 1 aliphatic rings. The molecule has 1 aromatic rings. The van der Waals surface area contributed by atoms with Crippen LogP contribution in [0.4, 0.5) is 0 Å². The summed E-state index contributed by atoms with van der Waals surface area (Å²) >= 11 is 0. The fourth-order valence-electron chi connectivity index (χ4n) is 1.96. The number of aryl methyl sites for hydroxylation is 1. The van der Waals surface area contributed by atoms with E-state index in [1.165, 1.54) is 10.5 Å². The molecule has 0 amide bonds. The monoisotopic (exact) mass is 259 g/mol. The lowest BCUT2D eigenvalue weighted by Crippen LogP contribution is -2.29. The van der Waals surface area contributed by atoms with Crippen molar-refractivity contribution < 1.29 is 13.5 Å². The summed E-state index contributed by atoms with van der Waals surface area (Å²) in [6.07, 6.45) is 2.75. The molecule has 2 rings (SSSR count). The lowest BCUT2D eigenvalue weighted by atomic mass is 10.1. The first-order valence-corrected chi connectivity index (χ1v) is 7.16. The summed E-state index contributed by atoms with van der Waals surface area (Å²) < 4.78 is 25.8. The Balaban J connectivity index is 2.19. The maximum Gasteiger partial charge on any atom is 0.260 e. The highest BCUT2D eigenvalue weighted by atomic mass is 32.2. The second kappa shape index (κ2) is 4.75. The van der Waals surface area contributed by atoms with Crippen molar-refractivity contribution in [1.29, 1.82) is 0 Å². The van der Waals surface area contributed by atoms with Crippen LogP contribution >= 0.6 is 0 Å². The molecule has 2 N–H and O–H groups in total. The van der Waals surface area contributed by atoms with Crippen molar-refractivity contribution in [2.45, 2.75) is 24.8 Å². The number of rotatable bonds is 4. The van der Waals surface area contributed by atoms with Gasteiger partial charge in [-0.25, -0.2) is 13.4 Å². The van der Waals surface area contributed by atoms with E-state index in [0.717, 1.165) is 0 Å². The van der Waals surface area contributed by atoms with Crippen LogP contribution in [0.1, 0.15) is 19.2 Å². The zero-order chi connectivity index (χ0) is 12.5. The Morgan fingerprint density at radius 1 is 1.65 bits per heavy atom. The average molecular weight is 259 g/mol. The Bertz CT molecular complexity index is 483. The molecular weight excluding hydrogens is 242 g/mol. The van der Waals surface area contributed by atoms with Crippen LogP contribution in [0.25, 0.3) is 0 Å². The third-order valence-electron chi connectivity index (χ3n) is 3.06. The molecule has 1 aromatic heterocycles. The maximum absolute atomic E-state index is 12.2. The van der Waals surface area contributed by atoms with E-state index in [1.54, 1.807) is 0 Å². The Morgan fingerprint density at radius 2 is 2.41 bits per heavy atom. The first-order valence-electron chi connectivity index (χ1n) is 5.72. The summed E-state index contributed by atoms with van der Waals surface area (Å²) in [6.45, 7) is 2.80. The molecule has 0 radical (unpaired) electrons. The van der Waals surface area contributed by atoms with Crippen LogP contribution in [-0.4, -0.2) is 47.5 Å². The number of sulfonamides is 1. The van der Waals surface area contributed by atoms with Gasteiger partial charge in [0.25, 0.3) is 10.0 Å². The standard InChI is InChI=1S/C10H17N3O3S/c1-2-9-11-5-10(12-9)17(15,16)13-4-3-8(6-13)7-14/h5,8,14H,2-4,6-7H2,1H3,(H,11,12). The molecule has 1 saturated heterocycles. The molecule has 1 fully saturated rings. The van der Waals surface area contributed by atoms with Crippen LogP contribution in [0.15, 0.2) is 11.2 Å². The summed E-state index contributed by atoms with van der Waals surface area (Å²) in [5, 5.41) is 9.17. The van der Waals surface area contributed by atoms with Gasteiger partial charge in [0.1, 0.15) is 5.82 Å². The molecule has 2 heterocycles. The lowest BCUT2D eigenvalue weighted by Gasteiger charge is -2.14. The number of hydrogen-bond acceptors (Lipinski definition) is 4. The van der Waals surface area contributed by atoms with Gasteiger partial charge in [0.15, 0.2) is 5.03 Å². The van der Waals surface area contributed by atoms with Crippen LogP contribution in [0, 0.1) is 5.92 Å². The van der Waals surface area contributed by atoms with Gasteiger partial charge in [-0.1, -0.05) is 6.92 Å². The van der Waals surface area contributed by atoms with Crippen molar-refractivity contribution in [2.75, 3.05) is 19.7 Å². The lowest BCUT2D eigenvalue weighted by molar-refractivity contribution is 0.233. The van der Waals surface area contributed by atoms with Gasteiger partial charge in [-0.05, 0) is 12.3 Å². The second-order valence-corrected chi connectivity index (χ2v) is 6.15. The molecule has 17 heavy (non-hydrogen) atoms. The quantitative estimate of drug-likeness (QED) is 0.795. The molecule has 0 aromatic carbocycles. The molecule has 7 heteroatoms. The fourth-order valence-corrected chi connectivity index (χ4v) is 3.42. The number of hydrogen-bond donors (Lipinski definition) is 2. The van der Waals surface area contributed by atoms with Gasteiger partial charge in [-0.3, -0.25) is 0 Å². The van der Waals surface area contributed by atoms with E-state index in [-0.39, 0.29) is 17.6 Å². The molecule has 0 aliphatic carbocycles. The molecule has 6 nitrogen and oxygen atoms in total. The van der Waals surface area contributed by atoms with Crippen LogP contribution in [0.2, 0.25) is 0 Å². The first kappa shape index (κ1) is 12.5. The number of nitrogens with one attached hydrogen (secondary N) is 1. The summed E-state index contributed by atoms with van der Waals surface area (Å²) in [7, 11) is -3.47. The smallest absolute Gasteiger partial charge is 0.260 e. The van der Waals surface area contributed by atoms with E-state index in [1.807, 2.05) is 6.92 Å². The molecule has 1 atom stereocenters. The van der Waals surface area contributed by atoms with E-state index >= 15 is 0 Å². The molecular formula is C10H17N3O3S.